The van der Waals surface area contributed by atoms with E-state index in [2.05, 4.69) is 0 Å². The smallest absolute Gasteiger partial charge is 0.311 e. The summed E-state index contributed by atoms with van der Waals surface area (Å²) in [5, 5.41) is 9.73. The number of aliphatic carboxylic acids is 1. The highest BCUT2D eigenvalue weighted by molar-refractivity contribution is 6.32. The number of halogens is 1. The van der Waals surface area contributed by atoms with Gasteiger partial charge in [0.2, 0.25) is 5.91 Å². The zero-order valence-corrected chi connectivity index (χ0v) is 12.6. The Bertz CT molecular complexity index is 540. The van der Waals surface area contributed by atoms with Crippen LogP contribution < -0.4 is 4.74 Å². The summed E-state index contributed by atoms with van der Waals surface area (Å²) in [4.78, 5) is 25.3. The van der Waals surface area contributed by atoms with Gasteiger partial charge in [0.1, 0.15) is 5.75 Å². The number of carboxylic acid groups (broad SMARTS) is 1. The lowest BCUT2D eigenvalue weighted by Gasteiger charge is -2.19. The summed E-state index contributed by atoms with van der Waals surface area (Å²) in [7, 11) is 1.49. The van der Waals surface area contributed by atoms with Crippen LogP contribution in [0.25, 0.3) is 0 Å². The van der Waals surface area contributed by atoms with Crippen LogP contribution in [0.4, 0.5) is 0 Å². The molecule has 21 heavy (non-hydrogen) atoms. The molecule has 1 aliphatic heterocycles. The largest absolute Gasteiger partial charge is 0.495 e. The second-order valence-corrected chi connectivity index (χ2v) is 5.48. The van der Waals surface area contributed by atoms with E-state index in [1.165, 1.54) is 7.11 Å². The van der Waals surface area contributed by atoms with Gasteiger partial charge in [-0.3, -0.25) is 9.59 Å². The van der Waals surface area contributed by atoms with Crippen molar-refractivity contribution in [1.29, 1.82) is 0 Å². The molecule has 1 saturated heterocycles. The summed E-state index contributed by atoms with van der Waals surface area (Å²) in [6.45, 7) is 1.43. The Morgan fingerprint density at radius 2 is 2.05 bits per heavy atom. The molecular weight excluding hydrogens is 294 g/mol. The Morgan fingerprint density at radius 3 is 2.57 bits per heavy atom. The highest BCUT2D eigenvalue weighted by Gasteiger charge is 2.27. The second kappa shape index (κ2) is 6.80. The van der Waals surface area contributed by atoms with Crippen molar-refractivity contribution in [1.82, 2.24) is 4.90 Å². The van der Waals surface area contributed by atoms with E-state index in [9.17, 15) is 14.7 Å². The van der Waals surface area contributed by atoms with Gasteiger partial charge < -0.3 is 14.7 Å². The van der Waals surface area contributed by atoms with Crippen LogP contribution in [0.5, 0.6) is 5.75 Å². The fourth-order valence-electron chi connectivity index (χ4n) is 2.52. The van der Waals surface area contributed by atoms with E-state index in [-0.39, 0.29) is 12.3 Å². The molecular formula is C15H18ClNO4. The zero-order valence-electron chi connectivity index (χ0n) is 11.8. The van der Waals surface area contributed by atoms with E-state index in [0.29, 0.717) is 29.4 Å². The number of rotatable bonds is 5. The van der Waals surface area contributed by atoms with Gasteiger partial charge in [-0.1, -0.05) is 17.7 Å². The first-order chi connectivity index (χ1) is 10.0. The number of amides is 1. The fourth-order valence-corrected chi connectivity index (χ4v) is 2.78. The van der Waals surface area contributed by atoms with E-state index >= 15 is 0 Å². The highest BCUT2D eigenvalue weighted by Crippen LogP contribution is 2.30. The highest BCUT2D eigenvalue weighted by atomic mass is 35.5. The van der Waals surface area contributed by atoms with Gasteiger partial charge in [-0.05, 0) is 30.5 Å². The number of carboxylic acids is 1. The molecule has 1 aromatic carbocycles. The lowest BCUT2D eigenvalue weighted by Crippen LogP contribution is -2.30. The normalized spacial score (nSPS) is 15.8. The molecule has 0 aliphatic carbocycles. The molecule has 1 unspecified atom stereocenters. The molecule has 2 rings (SSSR count). The Labute approximate surface area is 128 Å². The molecule has 1 N–H and O–H groups in total. The van der Waals surface area contributed by atoms with E-state index in [4.69, 9.17) is 16.3 Å². The number of ether oxygens (including phenoxy) is 1. The van der Waals surface area contributed by atoms with Gasteiger partial charge >= 0.3 is 5.97 Å². The van der Waals surface area contributed by atoms with Crippen LogP contribution in [-0.2, 0) is 9.59 Å². The molecule has 0 aromatic heterocycles. The Hall–Kier alpha value is -1.75. The predicted molar refractivity (Wildman–Crippen MR) is 78.8 cm³/mol. The van der Waals surface area contributed by atoms with Crippen LogP contribution in [0.2, 0.25) is 5.02 Å². The number of carbonyl (C=O) groups excluding carboxylic acids is 1. The van der Waals surface area contributed by atoms with E-state index in [0.717, 1.165) is 12.8 Å². The molecule has 1 amide bonds. The minimum atomic E-state index is -1.02. The van der Waals surface area contributed by atoms with Crippen molar-refractivity contribution in [3.8, 4) is 5.75 Å². The van der Waals surface area contributed by atoms with Gasteiger partial charge in [0, 0.05) is 19.5 Å². The molecule has 6 heteroatoms. The molecule has 1 aliphatic rings. The summed E-state index contributed by atoms with van der Waals surface area (Å²) >= 11 is 6.03. The summed E-state index contributed by atoms with van der Waals surface area (Å²) in [5.74, 6) is -1.55. The summed E-state index contributed by atoms with van der Waals surface area (Å²) in [6.07, 6.45) is 1.92. The van der Waals surface area contributed by atoms with Gasteiger partial charge in [0.25, 0.3) is 0 Å². The van der Waals surface area contributed by atoms with Crippen molar-refractivity contribution in [3.05, 3.63) is 28.8 Å². The molecule has 1 fully saturated rings. The molecule has 0 saturated carbocycles. The number of nitrogens with zero attached hydrogens (tertiary/aromatic N) is 1. The van der Waals surface area contributed by atoms with Crippen molar-refractivity contribution in [2.24, 2.45) is 0 Å². The zero-order chi connectivity index (χ0) is 15.4. The second-order valence-electron chi connectivity index (χ2n) is 5.08. The number of methoxy groups -OCH3 is 1. The average Bonchev–Trinajstić information content (AvgIpc) is 2.98. The number of hydrogen-bond donors (Lipinski definition) is 1. The first-order valence-corrected chi connectivity index (χ1v) is 7.24. The molecule has 1 aromatic rings. The summed E-state index contributed by atoms with van der Waals surface area (Å²) < 4.78 is 5.05. The third-order valence-electron chi connectivity index (χ3n) is 3.71. The van der Waals surface area contributed by atoms with Crippen molar-refractivity contribution in [2.45, 2.75) is 25.2 Å². The topological polar surface area (TPSA) is 66.8 Å². The van der Waals surface area contributed by atoms with Gasteiger partial charge in [-0.15, -0.1) is 0 Å². The third kappa shape index (κ3) is 3.67. The fraction of sp³-hybridized carbons (Fsp3) is 0.467. The predicted octanol–water partition coefficient (Wildman–Crippen LogP) is 2.53. The minimum Gasteiger partial charge on any atom is -0.495 e. The standard InChI is InChI=1S/C15H18ClNO4/c1-21-13-5-4-10(8-12(13)16)11(15(19)20)9-14(18)17-6-2-3-7-17/h4-5,8,11H,2-3,6-7,9H2,1H3,(H,19,20). The van der Waals surface area contributed by atoms with E-state index in [1.54, 1.807) is 23.1 Å². The molecule has 0 bridgehead atoms. The molecule has 1 heterocycles. The number of hydrogen-bond acceptors (Lipinski definition) is 3. The van der Waals surface area contributed by atoms with Crippen LogP contribution in [0, 0.1) is 0 Å². The molecule has 114 valence electrons. The average molecular weight is 312 g/mol. The minimum absolute atomic E-state index is 0.0437. The molecule has 0 radical (unpaired) electrons. The van der Waals surface area contributed by atoms with Gasteiger partial charge in [-0.25, -0.2) is 0 Å². The summed E-state index contributed by atoms with van der Waals surface area (Å²) in [6, 6.07) is 4.81. The Morgan fingerprint density at radius 1 is 1.38 bits per heavy atom. The molecule has 1 atom stereocenters. The lowest BCUT2D eigenvalue weighted by atomic mass is 9.95. The van der Waals surface area contributed by atoms with E-state index < -0.39 is 11.9 Å². The first-order valence-electron chi connectivity index (χ1n) is 6.87. The van der Waals surface area contributed by atoms with Crippen LogP contribution >= 0.6 is 11.6 Å². The quantitative estimate of drug-likeness (QED) is 0.907. The van der Waals surface area contributed by atoms with Crippen molar-refractivity contribution in [3.63, 3.8) is 0 Å². The third-order valence-corrected chi connectivity index (χ3v) is 4.01. The summed E-state index contributed by atoms with van der Waals surface area (Å²) in [5.41, 5.74) is 0.515. The molecule has 5 nitrogen and oxygen atoms in total. The number of likely N-dealkylation sites (tertiary alicyclic amines) is 1. The Kier molecular flexibility index (Phi) is 5.07. The molecule has 0 spiro atoms. The van der Waals surface area contributed by atoms with Crippen molar-refractivity contribution < 1.29 is 19.4 Å². The maximum absolute atomic E-state index is 12.1. The Balaban J connectivity index is 2.16. The number of carbonyl (C=O) groups is 2. The van der Waals surface area contributed by atoms with Crippen LogP contribution in [0.15, 0.2) is 18.2 Å². The van der Waals surface area contributed by atoms with Crippen LogP contribution in [0.3, 0.4) is 0 Å². The van der Waals surface area contributed by atoms with Crippen molar-refractivity contribution >= 4 is 23.5 Å². The number of benzene rings is 1. The van der Waals surface area contributed by atoms with Gasteiger partial charge in [0.05, 0.1) is 18.1 Å². The van der Waals surface area contributed by atoms with Crippen molar-refractivity contribution in [2.75, 3.05) is 20.2 Å². The lowest BCUT2D eigenvalue weighted by molar-refractivity contribution is -0.142. The van der Waals surface area contributed by atoms with Gasteiger partial charge in [0.15, 0.2) is 0 Å². The monoisotopic (exact) mass is 311 g/mol. The SMILES string of the molecule is COc1ccc(C(CC(=O)N2CCCC2)C(=O)O)cc1Cl. The van der Waals surface area contributed by atoms with Gasteiger partial charge in [-0.2, -0.15) is 0 Å². The maximum atomic E-state index is 12.1. The van der Waals surface area contributed by atoms with Crippen LogP contribution in [0.1, 0.15) is 30.7 Å². The van der Waals surface area contributed by atoms with E-state index in [1.807, 2.05) is 0 Å². The first kappa shape index (κ1) is 15.6. The maximum Gasteiger partial charge on any atom is 0.311 e. The van der Waals surface area contributed by atoms with Crippen LogP contribution in [-0.4, -0.2) is 42.1 Å².